The smallest absolute Gasteiger partial charge is 0.324 e. The van der Waals surface area contributed by atoms with Crippen molar-refractivity contribution in [2.75, 3.05) is 6.54 Å². The Morgan fingerprint density at radius 3 is 2.27 bits per heavy atom. The van der Waals surface area contributed by atoms with Gasteiger partial charge in [0.05, 0.1) is 0 Å². The average Bonchev–Trinajstić information content (AvgIpc) is 1.82. The maximum atomic E-state index is 11.0. The van der Waals surface area contributed by atoms with E-state index in [-0.39, 0.29) is 6.54 Å². The molecule has 0 spiro atoms. The van der Waals surface area contributed by atoms with E-state index >= 15 is 0 Å². The van der Waals surface area contributed by atoms with Gasteiger partial charge in [-0.15, -0.1) is 0 Å². The third-order valence-corrected chi connectivity index (χ3v) is 0.963. The molecule has 0 aromatic rings. The molecule has 4 nitrogen and oxygen atoms in total. The fraction of sp³-hybridized carbons (Fsp3) is 0.857. The van der Waals surface area contributed by atoms with Crippen molar-refractivity contribution in [2.24, 2.45) is 11.5 Å². The van der Waals surface area contributed by atoms with E-state index < -0.39 is 17.6 Å². The highest BCUT2D eigenvalue weighted by atomic mass is 16.6. The number of rotatable bonds is 2. The average molecular weight is 160 g/mol. The van der Waals surface area contributed by atoms with E-state index in [0.29, 0.717) is 0 Å². The van der Waals surface area contributed by atoms with Crippen LogP contribution < -0.4 is 11.5 Å². The monoisotopic (exact) mass is 160 g/mol. The summed E-state index contributed by atoms with van der Waals surface area (Å²) in [7, 11) is 0. The predicted molar refractivity (Wildman–Crippen MR) is 42.9 cm³/mol. The van der Waals surface area contributed by atoms with E-state index in [1.807, 2.05) is 0 Å². The second kappa shape index (κ2) is 3.69. The molecule has 0 radical (unpaired) electrons. The highest BCUT2D eigenvalue weighted by Gasteiger charge is 2.20. The van der Waals surface area contributed by atoms with Crippen molar-refractivity contribution in [1.82, 2.24) is 0 Å². The van der Waals surface area contributed by atoms with Gasteiger partial charge in [-0.2, -0.15) is 0 Å². The number of carbonyl (C=O) groups excluding carboxylic acids is 1. The molecule has 11 heavy (non-hydrogen) atoms. The van der Waals surface area contributed by atoms with Gasteiger partial charge in [0.1, 0.15) is 11.6 Å². The maximum Gasteiger partial charge on any atom is 0.324 e. The number of hydrogen-bond acceptors (Lipinski definition) is 4. The van der Waals surface area contributed by atoms with Gasteiger partial charge in [-0.25, -0.2) is 0 Å². The van der Waals surface area contributed by atoms with Crippen molar-refractivity contribution < 1.29 is 9.53 Å². The van der Waals surface area contributed by atoms with E-state index in [9.17, 15) is 4.79 Å². The van der Waals surface area contributed by atoms with Crippen LogP contribution in [0.3, 0.4) is 0 Å². The Balaban J connectivity index is 3.88. The lowest BCUT2D eigenvalue weighted by atomic mass is 10.2. The van der Waals surface area contributed by atoms with Crippen LogP contribution in [0.25, 0.3) is 0 Å². The normalized spacial score (nSPS) is 14.3. The van der Waals surface area contributed by atoms with Gasteiger partial charge in [-0.1, -0.05) is 0 Å². The SMILES string of the molecule is CC(C)(C)OC(=O)[C@@H](N)CN. The summed E-state index contributed by atoms with van der Waals surface area (Å²) in [5.41, 5.74) is 10.0. The molecule has 0 aromatic carbocycles. The third kappa shape index (κ3) is 4.75. The molecule has 0 amide bonds. The van der Waals surface area contributed by atoms with E-state index in [2.05, 4.69) is 0 Å². The largest absolute Gasteiger partial charge is 0.459 e. The zero-order chi connectivity index (χ0) is 9.07. The highest BCUT2D eigenvalue weighted by Crippen LogP contribution is 2.07. The fourth-order valence-electron chi connectivity index (χ4n) is 0.474. The van der Waals surface area contributed by atoms with Gasteiger partial charge in [0.25, 0.3) is 0 Å². The topological polar surface area (TPSA) is 78.3 Å². The minimum atomic E-state index is -0.700. The van der Waals surface area contributed by atoms with Gasteiger partial charge >= 0.3 is 5.97 Å². The molecule has 4 heteroatoms. The first-order valence-electron chi connectivity index (χ1n) is 3.55. The van der Waals surface area contributed by atoms with Crippen molar-refractivity contribution in [1.29, 1.82) is 0 Å². The molecule has 0 aromatic heterocycles. The molecule has 0 aliphatic carbocycles. The molecule has 0 heterocycles. The number of hydrogen-bond donors (Lipinski definition) is 2. The standard InChI is InChI=1S/C7H16N2O2/c1-7(2,3)11-6(10)5(9)4-8/h5H,4,8-9H2,1-3H3/t5-/m0/s1. The Hall–Kier alpha value is -0.610. The molecule has 1 atom stereocenters. The molecule has 0 aliphatic heterocycles. The van der Waals surface area contributed by atoms with E-state index in [0.717, 1.165) is 0 Å². The highest BCUT2D eigenvalue weighted by molar-refractivity contribution is 5.76. The molecule has 66 valence electrons. The zero-order valence-electron chi connectivity index (χ0n) is 7.26. The van der Waals surface area contributed by atoms with Crippen molar-refractivity contribution >= 4 is 5.97 Å². The molecule has 0 fully saturated rings. The molecule has 4 N–H and O–H groups in total. The van der Waals surface area contributed by atoms with Crippen LogP contribution in [-0.2, 0) is 9.53 Å². The summed E-state index contributed by atoms with van der Waals surface area (Å²) in [6.45, 7) is 5.48. The van der Waals surface area contributed by atoms with Gasteiger partial charge in [0, 0.05) is 6.54 Å². The van der Waals surface area contributed by atoms with E-state index in [1.54, 1.807) is 20.8 Å². The van der Waals surface area contributed by atoms with Gasteiger partial charge < -0.3 is 16.2 Å². The Kier molecular flexibility index (Phi) is 3.48. The molecule has 0 saturated carbocycles. The van der Waals surface area contributed by atoms with Crippen molar-refractivity contribution in [3.05, 3.63) is 0 Å². The summed E-state index contributed by atoms with van der Waals surface area (Å²) >= 11 is 0. The van der Waals surface area contributed by atoms with Crippen LogP contribution >= 0.6 is 0 Å². The van der Waals surface area contributed by atoms with E-state index in [4.69, 9.17) is 16.2 Å². The van der Waals surface area contributed by atoms with Gasteiger partial charge in [-0.3, -0.25) is 4.79 Å². The molecule has 0 saturated heterocycles. The first-order chi connectivity index (χ1) is 4.87. The van der Waals surface area contributed by atoms with Crippen LogP contribution in [0.5, 0.6) is 0 Å². The molecule has 0 bridgehead atoms. The summed E-state index contributed by atoms with van der Waals surface area (Å²) in [6, 6.07) is -0.700. The van der Waals surface area contributed by atoms with Crippen LogP contribution in [0.15, 0.2) is 0 Å². The van der Waals surface area contributed by atoms with Gasteiger partial charge in [-0.05, 0) is 20.8 Å². The zero-order valence-corrected chi connectivity index (χ0v) is 7.26. The predicted octanol–water partition coefficient (Wildman–Crippen LogP) is -0.386. The molecule has 0 aliphatic rings. The molecular formula is C7H16N2O2. The minimum Gasteiger partial charge on any atom is -0.459 e. The Labute approximate surface area is 66.9 Å². The molecule has 0 rings (SSSR count). The van der Waals surface area contributed by atoms with Crippen LogP contribution in [0.4, 0.5) is 0 Å². The number of ether oxygens (including phenoxy) is 1. The lowest BCUT2D eigenvalue weighted by Crippen LogP contribution is -2.42. The van der Waals surface area contributed by atoms with Crippen molar-refractivity contribution in [3.8, 4) is 0 Å². The van der Waals surface area contributed by atoms with E-state index in [1.165, 1.54) is 0 Å². The Morgan fingerprint density at radius 1 is 1.55 bits per heavy atom. The second-order valence-electron chi connectivity index (χ2n) is 3.38. The summed E-state index contributed by atoms with van der Waals surface area (Å²) in [6.07, 6.45) is 0. The minimum absolute atomic E-state index is 0.120. The summed E-state index contributed by atoms with van der Waals surface area (Å²) < 4.78 is 4.95. The van der Waals surface area contributed by atoms with Crippen molar-refractivity contribution in [2.45, 2.75) is 32.4 Å². The second-order valence-corrected chi connectivity index (χ2v) is 3.38. The van der Waals surface area contributed by atoms with Gasteiger partial charge in [0.15, 0.2) is 0 Å². The lowest BCUT2D eigenvalue weighted by molar-refractivity contribution is -0.156. The van der Waals surface area contributed by atoms with Crippen LogP contribution in [0, 0.1) is 0 Å². The number of nitrogens with two attached hydrogens (primary N) is 2. The number of esters is 1. The first kappa shape index (κ1) is 10.4. The third-order valence-electron chi connectivity index (χ3n) is 0.963. The van der Waals surface area contributed by atoms with Crippen LogP contribution in [0.2, 0.25) is 0 Å². The Bertz CT molecular complexity index is 140. The van der Waals surface area contributed by atoms with Crippen LogP contribution in [0.1, 0.15) is 20.8 Å². The Morgan fingerprint density at radius 2 is 2.00 bits per heavy atom. The van der Waals surface area contributed by atoms with Crippen molar-refractivity contribution in [3.63, 3.8) is 0 Å². The molecular weight excluding hydrogens is 144 g/mol. The summed E-state index contributed by atoms with van der Waals surface area (Å²) in [5.74, 6) is -0.444. The van der Waals surface area contributed by atoms with Gasteiger partial charge in [0.2, 0.25) is 0 Å². The lowest BCUT2D eigenvalue weighted by Gasteiger charge is -2.21. The molecule has 0 unspecified atom stereocenters. The fourth-order valence-corrected chi connectivity index (χ4v) is 0.474. The van der Waals surface area contributed by atoms with Crippen LogP contribution in [-0.4, -0.2) is 24.2 Å². The quantitative estimate of drug-likeness (QED) is 0.539. The number of carbonyl (C=O) groups is 1. The summed E-state index contributed by atoms with van der Waals surface area (Å²) in [4.78, 5) is 11.0. The first-order valence-corrected chi connectivity index (χ1v) is 3.55. The maximum absolute atomic E-state index is 11.0. The summed E-state index contributed by atoms with van der Waals surface area (Å²) in [5, 5.41) is 0.